The first kappa shape index (κ1) is 27.6. The fourth-order valence-electron chi connectivity index (χ4n) is 2.24. The molecule has 0 aromatic rings. The summed E-state index contributed by atoms with van der Waals surface area (Å²) in [5, 5.41) is 8.51. The van der Waals surface area contributed by atoms with Gasteiger partial charge in [-0.25, -0.2) is 0 Å². The van der Waals surface area contributed by atoms with Crippen molar-refractivity contribution in [1.82, 2.24) is 6.15 Å². The Bertz CT molecular complexity index is 245. The first-order valence-electron chi connectivity index (χ1n) is 8.45. The Labute approximate surface area is 180 Å². The van der Waals surface area contributed by atoms with E-state index in [1.165, 1.54) is 64.2 Å². The molecule has 4 heteroatoms. The number of carboxylic acid groups (broad SMARTS) is 1. The van der Waals surface area contributed by atoms with E-state index in [1.54, 1.807) is 0 Å². The van der Waals surface area contributed by atoms with Crippen LogP contribution in [0.2, 0.25) is 0 Å². The van der Waals surface area contributed by atoms with Crippen molar-refractivity contribution in [2.75, 3.05) is 0 Å². The maximum Gasteiger partial charge on any atom is 1.00 e. The van der Waals surface area contributed by atoms with Gasteiger partial charge in [0.15, 0.2) is 0 Å². The Morgan fingerprint density at radius 2 is 1.41 bits per heavy atom. The molecule has 0 saturated carbocycles. The van der Waals surface area contributed by atoms with Crippen LogP contribution in [-0.2, 0) is 4.79 Å². The van der Waals surface area contributed by atoms with Crippen LogP contribution in [0.1, 0.15) is 90.4 Å². The summed E-state index contributed by atoms with van der Waals surface area (Å²) in [7, 11) is 0. The molecule has 0 radical (unpaired) electrons. The van der Waals surface area contributed by atoms with Crippen LogP contribution in [0.3, 0.4) is 0 Å². The van der Waals surface area contributed by atoms with Crippen LogP contribution in [0, 0.1) is 6.42 Å². The van der Waals surface area contributed by atoms with Gasteiger partial charge in [-0.2, -0.15) is 12.8 Å². The van der Waals surface area contributed by atoms with Crippen LogP contribution in [0.5, 0.6) is 0 Å². The van der Waals surface area contributed by atoms with Gasteiger partial charge in [0, 0.05) is 6.42 Å². The summed E-state index contributed by atoms with van der Waals surface area (Å²) >= 11 is 0. The van der Waals surface area contributed by atoms with E-state index in [0.717, 1.165) is 12.8 Å². The van der Waals surface area contributed by atoms with Crippen LogP contribution < -0.4 is 57.5 Å². The zero-order chi connectivity index (χ0) is 14.9. The molecule has 0 aliphatic carbocycles. The second kappa shape index (κ2) is 24.1. The van der Waals surface area contributed by atoms with Crippen molar-refractivity contribution in [3.05, 3.63) is 18.6 Å². The summed E-state index contributed by atoms with van der Waals surface area (Å²) in [5.41, 5.74) is 0. The van der Waals surface area contributed by atoms with Crippen LogP contribution >= 0.6 is 0 Å². The summed E-state index contributed by atoms with van der Waals surface area (Å²) in [5.74, 6) is -0.666. The normalized spacial score (nSPS) is 10.2. The minimum Gasteiger partial charge on any atom is -0.481 e. The molecular formula is C18H36KNO2. The van der Waals surface area contributed by atoms with Gasteiger partial charge in [-0.1, -0.05) is 51.2 Å². The maximum atomic E-state index is 10.3. The molecule has 0 amide bonds. The zero-order valence-corrected chi connectivity index (χ0v) is 18.1. The maximum absolute atomic E-state index is 10.3. The predicted octanol–water partition coefficient (Wildman–Crippen LogP) is 3.09. The van der Waals surface area contributed by atoms with E-state index in [0.29, 0.717) is 6.42 Å². The second-order valence-electron chi connectivity index (χ2n) is 5.51. The Morgan fingerprint density at radius 3 is 1.95 bits per heavy atom. The molecule has 0 spiro atoms. The quantitative estimate of drug-likeness (QED) is 0.209. The van der Waals surface area contributed by atoms with Gasteiger partial charge < -0.3 is 17.7 Å². The third-order valence-electron chi connectivity index (χ3n) is 3.50. The minimum absolute atomic E-state index is 0. The third kappa shape index (κ3) is 25.7. The summed E-state index contributed by atoms with van der Waals surface area (Å²) in [6, 6.07) is 0. The van der Waals surface area contributed by atoms with E-state index >= 15 is 0 Å². The van der Waals surface area contributed by atoms with Gasteiger partial charge in [-0.05, 0) is 32.1 Å². The molecular weight excluding hydrogens is 301 g/mol. The van der Waals surface area contributed by atoms with Gasteiger partial charge in [-0.3, -0.25) is 4.79 Å². The van der Waals surface area contributed by atoms with Gasteiger partial charge in [0.25, 0.3) is 0 Å². The SMILES string of the molecule is CC[CH-]CCCCC/C=C\CCCCCCCC(=O)O.N.[K+]. The molecule has 0 heterocycles. The molecule has 4 N–H and O–H groups in total. The van der Waals surface area contributed by atoms with E-state index in [-0.39, 0.29) is 57.5 Å². The van der Waals surface area contributed by atoms with Crippen molar-refractivity contribution in [2.24, 2.45) is 0 Å². The number of hydrogen-bond acceptors (Lipinski definition) is 2. The molecule has 0 bridgehead atoms. The van der Waals surface area contributed by atoms with Crippen LogP contribution in [0.15, 0.2) is 12.2 Å². The molecule has 0 aliphatic heterocycles. The molecule has 0 saturated heterocycles. The summed E-state index contributed by atoms with van der Waals surface area (Å²) in [4.78, 5) is 10.3. The van der Waals surface area contributed by atoms with Gasteiger partial charge in [0.2, 0.25) is 0 Å². The van der Waals surface area contributed by atoms with E-state index in [2.05, 4.69) is 25.5 Å². The molecule has 3 nitrogen and oxygen atoms in total. The molecule has 0 unspecified atom stereocenters. The van der Waals surface area contributed by atoms with E-state index < -0.39 is 5.97 Å². The van der Waals surface area contributed by atoms with Crippen molar-refractivity contribution in [3.63, 3.8) is 0 Å². The van der Waals surface area contributed by atoms with Gasteiger partial charge in [0.1, 0.15) is 0 Å². The van der Waals surface area contributed by atoms with E-state index in [9.17, 15) is 4.79 Å². The smallest absolute Gasteiger partial charge is 0.481 e. The first-order valence-corrected chi connectivity index (χ1v) is 8.45. The predicted molar refractivity (Wildman–Crippen MR) is 91.8 cm³/mol. The molecule has 126 valence electrons. The van der Waals surface area contributed by atoms with E-state index in [1.807, 2.05) is 0 Å². The standard InChI is InChI=1S/C18H33O2.K.H3N/c1-2-3-4-5-6-7-8-9-10-11-12-13-14-15-16-17-18(19)20;;/h3,9-10H,2,4-8,11-17H2,1H3,(H,19,20);;1H3/q-1;+1;/b10-9-;;. The molecule has 22 heavy (non-hydrogen) atoms. The number of allylic oxidation sites excluding steroid dienone is 2. The minimum atomic E-state index is -0.666. The third-order valence-corrected chi connectivity index (χ3v) is 3.50. The number of carbonyl (C=O) groups is 1. The number of unbranched alkanes of at least 4 members (excludes halogenated alkanes) is 11. The van der Waals surface area contributed by atoms with Crippen LogP contribution in [-0.4, -0.2) is 11.1 Å². The Balaban J connectivity index is -0.00000180. The zero-order valence-electron chi connectivity index (χ0n) is 15.0. The fraction of sp³-hybridized carbons (Fsp3) is 0.778. The number of hydrogen-bond donors (Lipinski definition) is 2. The van der Waals surface area contributed by atoms with Crippen LogP contribution in [0.4, 0.5) is 0 Å². The number of aliphatic carboxylic acids is 1. The molecule has 0 aromatic heterocycles. The summed E-state index contributed by atoms with van der Waals surface area (Å²) in [6.45, 7) is 2.20. The largest absolute Gasteiger partial charge is 1.00 e. The van der Waals surface area contributed by atoms with Crippen molar-refractivity contribution < 1.29 is 61.3 Å². The molecule has 0 atom stereocenters. The van der Waals surface area contributed by atoms with Gasteiger partial charge in [0.05, 0.1) is 0 Å². The summed E-state index contributed by atoms with van der Waals surface area (Å²) in [6.07, 6.45) is 21.8. The van der Waals surface area contributed by atoms with Crippen molar-refractivity contribution in [2.45, 2.75) is 90.4 Å². The van der Waals surface area contributed by atoms with Crippen molar-refractivity contribution >= 4 is 5.97 Å². The number of carboxylic acids is 1. The topological polar surface area (TPSA) is 72.3 Å². The first-order chi connectivity index (χ1) is 9.77. The van der Waals surface area contributed by atoms with E-state index in [4.69, 9.17) is 5.11 Å². The summed E-state index contributed by atoms with van der Waals surface area (Å²) < 4.78 is 0. The fourth-order valence-corrected chi connectivity index (χ4v) is 2.24. The average molecular weight is 338 g/mol. The monoisotopic (exact) mass is 337 g/mol. The Kier molecular flexibility index (Phi) is 30.2. The molecule has 0 aromatic carbocycles. The molecule has 0 aliphatic rings. The average Bonchev–Trinajstić information content (AvgIpc) is 2.43. The second-order valence-corrected chi connectivity index (χ2v) is 5.51. The molecule has 0 fully saturated rings. The van der Waals surface area contributed by atoms with Crippen molar-refractivity contribution in [1.29, 1.82) is 0 Å². The Morgan fingerprint density at radius 1 is 0.909 bits per heavy atom. The molecule has 0 rings (SSSR count). The van der Waals surface area contributed by atoms with Crippen LogP contribution in [0.25, 0.3) is 0 Å². The van der Waals surface area contributed by atoms with Crippen molar-refractivity contribution in [3.8, 4) is 0 Å². The van der Waals surface area contributed by atoms with Gasteiger partial charge >= 0.3 is 57.4 Å². The Hall–Kier alpha value is 0.806. The number of rotatable bonds is 15. The van der Waals surface area contributed by atoms with Gasteiger partial charge in [-0.15, -0.1) is 0 Å².